The van der Waals surface area contributed by atoms with E-state index in [0.29, 0.717) is 23.6 Å². The van der Waals surface area contributed by atoms with Crippen molar-refractivity contribution in [2.45, 2.75) is 39.0 Å². The topological polar surface area (TPSA) is 66.4 Å². The standard InChI is InChI=1S/C15H19NO3/c1-10-5-7-12(9-13(10)15(18)19)16-14(17)8-6-11-3-2-4-11/h5,7,9,11H,2-4,6,8H2,1H3,(H,16,17)(H,18,19). The van der Waals surface area contributed by atoms with Gasteiger partial charge in [-0.05, 0) is 37.0 Å². The molecule has 0 spiro atoms. The lowest BCUT2D eigenvalue weighted by Gasteiger charge is -2.24. The molecular formula is C15H19NO3. The number of rotatable bonds is 5. The van der Waals surface area contributed by atoms with E-state index in [-0.39, 0.29) is 11.5 Å². The molecule has 2 N–H and O–H groups in total. The Morgan fingerprint density at radius 3 is 2.68 bits per heavy atom. The molecule has 1 aliphatic rings. The van der Waals surface area contributed by atoms with Crippen molar-refractivity contribution in [1.82, 2.24) is 0 Å². The Morgan fingerprint density at radius 1 is 1.37 bits per heavy atom. The maximum Gasteiger partial charge on any atom is 0.336 e. The summed E-state index contributed by atoms with van der Waals surface area (Å²) in [6.07, 6.45) is 5.21. The summed E-state index contributed by atoms with van der Waals surface area (Å²) in [6.45, 7) is 1.74. The van der Waals surface area contributed by atoms with Crippen LogP contribution in [0.25, 0.3) is 0 Å². The minimum Gasteiger partial charge on any atom is -0.478 e. The van der Waals surface area contributed by atoms with Crippen molar-refractivity contribution in [3.05, 3.63) is 29.3 Å². The molecule has 19 heavy (non-hydrogen) atoms. The molecule has 1 amide bonds. The first-order valence-electron chi connectivity index (χ1n) is 6.70. The van der Waals surface area contributed by atoms with Crippen molar-refractivity contribution in [2.24, 2.45) is 5.92 Å². The van der Waals surface area contributed by atoms with Gasteiger partial charge in [0.1, 0.15) is 0 Å². The minimum atomic E-state index is -0.969. The fourth-order valence-electron chi connectivity index (χ4n) is 2.27. The Hall–Kier alpha value is -1.84. The summed E-state index contributed by atoms with van der Waals surface area (Å²) in [7, 11) is 0. The third kappa shape index (κ3) is 3.56. The molecule has 1 aromatic carbocycles. The van der Waals surface area contributed by atoms with Crippen LogP contribution >= 0.6 is 0 Å². The van der Waals surface area contributed by atoms with Gasteiger partial charge in [-0.25, -0.2) is 4.79 Å². The van der Waals surface area contributed by atoms with Crippen molar-refractivity contribution in [3.8, 4) is 0 Å². The number of anilines is 1. The molecular weight excluding hydrogens is 242 g/mol. The van der Waals surface area contributed by atoms with E-state index in [1.165, 1.54) is 25.3 Å². The van der Waals surface area contributed by atoms with Crippen molar-refractivity contribution >= 4 is 17.6 Å². The lowest BCUT2D eigenvalue weighted by Crippen LogP contribution is -2.17. The maximum atomic E-state index is 11.8. The van der Waals surface area contributed by atoms with Gasteiger partial charge in [-0.1, -0.05) is 25.3 Å². The van der Waals surface area contributed by atoms with E-state index in [4.69, 9.17) is 5.11 Å². The summed E-state index contributed by atoms with van der Waals surface area (Å²) < 4.78 is 0. The number of hydrogen-bond donors (Lipinski definition) is 2. The number of aryl methyl sites for hydroxylation is 1. The zero-order valence-electron chi connectivity index (χ0n) is 11.1. The van der Waals surface area contributed by atoms with E-state index in [1.807, 2.05) is 0 Å². The molecule has 0 saturated heterocycles. The van der Waals surface area contributed by atoms with Gasteiger partial charge in [0.25, 0.3) is 0 Å². The Kier molecular flexibility index (Phi) is 4.20. The van der Waals surface area contributed by atoms with E-state index < -0.39 is 5.97 Å². The minimum absolute atomic E-state index is 0.0351. The van der Waals surface area contributed by atoms with E-state index in [2.05, 4.69) is 5.32 Å². The smallest absolute Gasteiger partial charge is 0.336 e. The summed E-state index contributed by atoms with van der Waals surface area (Å²) in [5.41, 5.74) is 1.48. The number of nitrogens with one attached hydrogen (secondary N) is 1. The molecule has 1 aromatic rings. The number of carboxylic acid groups (broad SMARTS) is 1. The van der Waals surface area contributed by atoms with E-state index in [1.54, 1.807) is 19.1 Å². The Morgan fingerprint density at radius 2 is 2.11 bits per heavy atom. The van der Waals surface area contributed by atoms with Crippen LogP contribution in [-0.4, -0.2) is 17.0 Å². The number of benzene rings is 1. The summed E-state index contributed by atoms with van der Waals surface area (Å²) in [5.74, 6) is -0.298. The first kappa shape index (κ1) is 13.6. The van der Waals surface area contributed by atoms with Gasteiger partial charge in [-0.2, -0.15) is 0 Å². The van der Waals surface area contributed by atoms with Crippen LogP contribution in [0.4, 0.5) is 5.69 Å². The zero-order chi connectivity index (χ0) is 13.8. The van der Waals surface area contributed by atoms with Gasteiger partial charge in [0.15, 0.2) is 0 Å². The van der Waals surface area contributed by atoms with Crippen LogP contribution < -0.4 is 5.32 Å². The van der Waals surface area contributed by atoms with Gasteiger partial charge >= 0.3 is 5.97 Å². The molecule has 1 fully saturated rings. The number of carbonyl (C=O) groups excluding carboxylic acids is 1. The highest BCUT2D eigenvalue weighted by atomic mass is 16.4. The van der Waals surface area contributed by atoms with Crippen LogP contribution in [0.5, 0.6) is 0 Å². The molecule has 0 aromatic heterocycles. The third-order valence-electron chi connectivity index (χ3n) is 3.76. The van der Waals surface area contributed by atoms with Gasteiger partial charge in [0, 0.05) is 12.1 Å². The average Bonchev–Trinajstić information content (AvgIpc) is 2.29. The van der Waals surface area contributed by atoms with Crippen molar-refractivity contribution < 1.29 is 14.7 Å². The second kappa shape index (κ2) is 5.87. The van der Waals surface area contributed by atoms with Gasteiger partial charge in [0.05, 0.1) is 5.56 Å². The van der Waals surface area contributed by atoms with Crippen molar-refractivity contribution in [2.75, 3.05) is 5.32 Å². The molecule has 1 aliphatic carbocycles. The molecule has 0 heterocycles. The normalized spacial score (nSPS) is 14.8. The highest BCUT2D eigenvalue weighted by Gasteiger charge is 2.18. The molecule has 0 aliphatic heterocycles. The van der Waals surface area contributed by atoms with Crippen LogP contribution in [0, 0.1) is 12.8 Å². The van der Waals surface area contributed by atoms with Crippen LogP contribution in [-0.2, 0) is 4.79 Å². The predicted molar refractivity (Wildman–Crippen MR) is 73.3 cm³/mol. The molecule has 4 nitrogen and oxygen atoms in total. The summed E-state index contributed by atoms with van der Waals surface area (Å²) >= 11 is 0. The maximum absolute atomic E-state index is 11.8. The van der Waals surface area contributed by atoms with Crippen LogP contribution in [0.1, 0.15) is 48.0 Å². The van der Waals surface area contributed by atoms with Crippen LogP contribution in [0.2, 0.25) is 0 Å². The first-order chi connectivity index (χ1) is 9.06. The highest BCUT2D eigenvalue weighted by molar-refractivity contribution is 5.94. The second-order valence-corrected chi connectivity index (χ2v) is 5.22. The summed E-state index contributed by atoms with van der Waals surface area (Å²) in [6, 6.07) is 4.97. The number of carboxylic acids is 1. The fourth-order valence-corrected chi connectivity index (χ4v) is 2.27. The van der Waals surface area contributed by atoms with Crippen molar-refractivity contribution in [3.63, 3.8) is 0 Å². The molecule has 4 heteroatoms. The number of carbonyl (C=O) groups is 2. The molecule has 0 unspecified atom stereocenters. The molecule has 0 atom stereocenters. The lowest BCUT2D eigenvalue weighted by atomic mass is 9.82. The quantitative estimate of drug-likeness (QED) is 0.855. The summed E-state index contributed by atoms with van der Waals surface area (Å²) in [5, 5.41) is 11.8. The molecule has 2 rings (SSSR count). The van der Waals surface area contributed by atoms with E-state index in [9.17, 15) is 9.59 Å². The highest BCUT2D eigenvalue weighted by Crippen LogP contribution is 2.30. The first-order valence-corrected chi connectivity index (χ1v) is 6.70. The Balaban J connectivity index is 1.92. The fraction of sp³-hybridized carbons (Fsp3) is 0.467. The van der Waals surface area contributed by atoms with E-state index in [0.717, 1.165) is 6.42 Å². The monoisotopic (exact) mass is 261 g/mol. The molecule has 102 valence electrons. The van der Waals surface area contributed by atoms with Gasteiger partial charge in [-0.15, -0.1) is 0 Å². The van der Waals surface area contributed by atoms with Gasteiger partial charge < -0.3 is 10.4 Å². The Labute approximate surface area is 112 Å². The Bertz CT molecular complexity index is 492. The molecule has 0 radical (unpaired) electrons. The van der Waals surface area contributed by atoms with Gasteiger partial charge in [0.2, 0.25) is 5.91 Å². The van der Waals surface area contributed by atoms with Crippen LogP contribution in [0.15, 0.2) is 18.2 Å². The number of aromatic carboxylic acids is 1. The SMILES string of the molecule is Cc1ccc(NC(=O)CCC2CCC2)cc1C(=O)O. The molecule has 1 saturated carbocycles. The third-order valence-corrected chi connectivity index (χ3v) is 3.76. The predicted octanol–water partition coefficient (Wildman–Crippen LogP) is 3.21. The van der Waals surface area contributed by atoms with Gasteiger partial charge in [-0.3, -0.25) is 4.79 Å². The summed E-state index contributed by atoms with van der Waals surface area (Å²) in [4.78, 5) is 22.8. The zero-order valence-corrected chi connectivity index (χ0v) is 11.1. The largest absolute Gasteiger partial charge is 0.478 e. The lowest BCUT2D eigenvalue weighted by molar-refractivity contribution is -0.116. The second-order valence-electron chi connectivity index (χ2n) is 5.22. The molecule has 0 bridgehead atoms. The number of amides is 1. The average molecular weight is 261 g/mol. The van der Waals surface area contributed by atoms with Crippen LogP contribution in [0.3, 0.4) is 0 Å². The van der Waals surface area contributed by atoms with E-state index >= 15 is 0 Å². The number of hydrogen-bond acceptors (Lipinski definition) is 2. The van der Waals surface area contributed by atoms with Crippen molar-refractivity contribution in [1.29, 1.82) is 0 Å².